The van der Waals surface area contributed by atoms with Crippen LogP contribution in [0.5, 0.6) is 5.75 Å². The zero-order valence-corrected chi connectivity index (χ0v) is 20.5. The molecule has 1 atom stereocenters. The van der Waals surface area contributed by atoms with Crippen molar-refractivity contribution in [2.45, 2.75) is 11.8 Å². The Morgan fingerprint density at radius 3 is 2.23 bits per heavy atom. The fraction of sp³-hybridized carbons (Fsp3) is 0.154. The summed E-state index contributed by atoms with van der Waals surface area (Å²) >= 11 is 4.97. The predicted molar refractivity (Wildman–Crippen MR) is 140 cm³/mol. The molecule has 0 unspecified atom stereocenters. The Morgan fingerprint density at radius 1 is 0.971 bits per heavy atom. The lowest BCUT2D eigenvalue weighted by Crippen LogP contribution is -2.43. The smallest absolute Gasteiger partial charge is 0.244 e. The highest BCUT2D eigenvalue weighted by atomic mass is 32.2. The molecule has 3 aromatic rings. The molecule has 182 valence electrons. The van der Waals surface area contributed by atoms with Crippen LogP contribution in [0.4, 0.5) is 0 Å². The molecule has 0 aliphatic rings. The molecule has 35 heavy (non-hydrogen) atoms. The van der Waals surface area contributed by atoms with Gasteiger partial charge in [0.05, 0.1) is 17.5 Å². The van der Waals surface area contributed by atoms with Crippen LogP contribution < -0.4 is 15.5 Å². The van der Waals surface area contributed by atoms with Crippen molar-refractivity contribution in [3.8, 4) is 5.75 Å². The third kappa shape index (κ3) is 8.97. The fourth-order valence-corrected chi connectivity index (χ4v) is 5.02. The van der Waals surface area contributed by atoms with E-state index < -0.39 is 21.8 Å². The molecule has 0 saturated carbocycles. The van der Waals surface area contributed by atoms with Gasteiger partial charge in [-0.1, -0.05) is 72.9 Å². The quantitative estimate of drug-likeness (QED) is 0.206. The van der Waals surface area contributed by atoms with Gasteiger partial charge in [0.1, 0.15) is 17.3 Å². The van der Waals surface area contributed by atoms with Crippen LogP contribution in [0.25, 0.3) is 6.08 Å². The first-order valence-electron chi connectivity index (χ1n) is 10.8. The number of nitrogens with one attached hydrogen (secondary N) is 2. The van der Waals surface area contributed by atoms with Gasteiger partial charge in [-0.2, -0.15) is 0 Å². The van der Waals surface area contributed by atoms with Crippen molar-refractivity contribution in [1.82, 2.24) is 10.8 Å². The topological polar surface area (TPSA) is 105 Å². The molecule has 0 aromatic heterocycles. The van der Waals surface area contributed by atoms with Gasteiger partial charge in [0.25, 0.3) is 0 Å². The second kappa shape index (κ2) is 12.8. The van der Waals surface area contributed by atoms with E-state index in [-0.39, 0.29) is 23.1 Å². The van der Waals surface area contributed by atoms with Crippen LogP contribution >= 0.6 is 12.2 Å². The van der Waals surface area contributed by atoms with E-state index in [9.17, 15) is 13.2 Å². The zero-order chi connectivity index (χ0) is 25.1. The van der Waals surface area contributed by atoms with Gasteiger partial charge in [-0.25, -0.2) is 8.42 Å². The lowest BCUT2D eigenvalue weighted by atomic mass is 10.2. The number of carbonyl (C=O) groups excluding carboxylic acids is 1. The Bertz CT molecular complexity index is 1250. The summed E-state index contributed by atoms with van der Waals surface area (Å²) in [6, 6.07) is 24.0. The minimum atomic E-state index is -3.54. The molecule has 0 bridgehead atoms. The van der Waals surface area contributed by atoms with Crippen LogP contribution in [-0.2, 0) is 20.4 Å². The number of carbonyl (C=O) groups is 1. The Hall–Kier alpha value is -3.53. The van der Waals surface area contributed by atoms with Gasteiger partial charge in [-0.3, -0.25) is 15.5 Å². The fourth-order valence-electron chi connectivity index (χ4n) is 3.27. The third-order valence-electron chi connectivity index (χ3n) is 4.93. The van der Waals surface area contributed by atoms with Crippen molar-refractivity contribution in [2.75, 3.05) is 12.4 Å². The van der Waals surface area contributed by atoms with E-state index in [2.05, 4.69) is 5.32 Å². The third-order valence-corrected chi connectivity index (χ3v) is 6.94. The lowest BCUT2D eigenvalue weighted by molar-refractivity contribution is -0.117. The van der Waals surface area contributed by atoms with E-state index in [0.29, 0.717) is 16.9 Å². The maximum atomic E-state index is 12.9. The van der Waals surface area contributed by atoms with Gasteiger partial charge < -0.3 is 10.1 Å². The Kier molecular flexibility index (Phi) is 9.54. The Morgan fingerprint density at radius 2 is 1.60 bits per heavy atom. The van der Waals surface area contributed by atoms with Gasteiger partial charge in [0.2, 0.25) is 5.91 Å². The molecule has 0 aliphatic carbocycles. The van der Waals surface area contributed by atoms with Crippen LogP contribution in [0.1, 0.15) is 16.7 Å². The van der Waals surface area contributed by atoms with Crippen molar-refractivity contribution in [3.63, 3.8) is 0 Å². The van der Waals surface area contributed by atoms with Crippen LogP contribution in [0.15, 0.2) is 91.0 Å². The monoisotopic (exact) mass is 510 g/mol. The first-order chi connectivity index (χ1) is 16.8. The number of amides is 1. The highest BCUT2D eigenvalue weighted by Crippen LogP contribution is 2.14. The highest BCUT2D eigenvalue weighted by molar-refractivity contribution is 7.90. The summed E-state index contributed by atoms with van der Waals surface area (Å²) in [5, 5.41) is 11.7. The van der Waals surface area contributed by atoms with Crippen molar-refractivity contribution >= 4 is 39.0 Å². The van der Waals surface area contributed by atoms with Gasteiger partial charge in [0, 0.05) is 11.6 Å². The summed E-state index contributed by atoms with van der Waals surface area (Å²) in [7, 11) is -3.54. The molecule has 3 N–H and O–H groups in total. The Balaban J connectivity index is 1.69. The number of thiocarbonyl (C=S) groups is 1. The zero-order valence-electron chi connectivity index (χ0n) is 18.8. The average molecular weight is 511 g/mol. The van der Waals surface area contributed by atoms with Crippen LogP contribution in [-0.4, -0.2) is 42.9 Å². The standard InChI is InChI=1S/C26H26N2O5S2/c29-25(16-11-20-7-3-1-4-8-20)27-23(19-35(31,32)18-21-9-5-2-6-10-21)17-33-24-14-12-22(13-15-24)26(34)28-30/h1-16,23,30H,17-19H2,(H,27,29)(H,28,34)/b16-11+/t23-/m1/s1. The summed E-state index contributed by atoms with van der Waals surface area (Å²) < 4.78 is 31.5. The predicted octanol–water partition coefficient (Wildman–Crippen LogP) is 3.53. The van der Waals surface area contributed by atoms with E-state index in [4.69, 9.17) is 22.2 Å². The molecule has 0 radical (unpaired) electrons. The summed E-state index contributed by atoms with van der Waals surface area (Å²) in [5.74, 6) is -0.384. The summed E-state index contributed by atoms with van der Waals surface area (Å²) in [6.45, 7) is -0.0546. The van der Waals surface area contributed by atoms with Gasteiger partial charge in [-0.05, 0) is 41.5 Å². The van der Waals surface area contributed by atoms with Gasteiger partial charge in [0.15, 0.2) is 9.84 Å². The molecular formula is C26H26N2O5S2. The summed E-state index contributed by atoms with van der Waals surface area (Å²) in [4.78, 5) is 12.7. The average Bonchev–Trinajstić information content (AvgIpc) is 2.86. The number of hydrogen-bond donors (Lipinski definition) is 3. The van der Waals surface area contributed by atoms with Gasteiger partial charge in [-0.15, -0.1) is 0 Å². The Labute approximate surface area is 210 Å². The molecule has 3 aromatic carbocycles. The maximum absolute atomic E-state index is 12.9. The molecule has 0 fully saturated rings. The van der Waals surface area contributed by atoms with E-state index in [1.165, 1.54) is 6.08 Å². The van der Waals surface area contributed by atoms with Crippen LogP contribution in [0, 0.1) is 0 Å². The number of benzene rings is 3. The van der Waals surface area contributed by atoms with E-state index in [1.54, 1.807) is 54.6 Å². The highest BCUT2D eigenvalue weighted by Gasteiger charge is 2.22. The van der Waals surface area contributed by atoms with Crippen LogP contribution in [0.2, 0.25) is 0 Å². The number of hydroxylamine groups is 1. The first-order valence-corrected chi connectivity index (χ1v) is 13.0. The molecule has 1 amide bonds. The number of hydrogen-bond acceptors (Lipinski definition) is 6. The SMILES string of the molecule is O=C(/C=C/c1ccccc1)N[C@H](COc1ccc(C(=S)NO)cc1)CS(=O)(=O)Cc1ccccc1. The largest absolute Gasteiger partial charge is 0.491 e. The molecular weight excluding hydrogens is 484 g/mol. The molecule has 9 heteroatoms. The second-order valence-electron chi connectivity index (χ2n) is 7.77. The maximum Gasteiger partial charge on any atom is 0.244 e. The number of ether oxygens (including phenoxy) is 1. The first kappa shape index (κ1) is 26.1. The normalized spacial score (nSPS) is 12.1. The minimum Gasteiger partial charge on any atom is -0.491 e. The summed E-state index contributed by atoms with van der Waals surface area (Å²) in [5.41, 5.74) is 4.03. The summed E-state index contributed by atoms with van der Waals surface area (Å²) in [6.07, 6.45) is 3.02. The van der Waals surface area contributed by atoms with Crippen molar-refractivity contribution in [2.24, 2.45) is 0 Å². The van der Waals surface area contributed by atoms with Crippen molar-refractivity contribution < 1.29 is 23.2 Å². The molecule has 0 aliphatic heterocycles. The second-order valence-corrected chi connectivity index (χ2v) is 10.3. The van der Waals surface area contributed by atoms with E-state index in [0.717, 1.165) is 5.56 Å². The van der Waals surface area contributed by atoms with E-state index in [1.807, 2.05) is 41.9 Å². The van der Waals surface area contributed by atoms with Crippen molar-refractivity contribution in [1.29, 1.82) is 0 Å². The molecule has 0 heterocycles. The van der Waals surface area contributed by atoms with Crippen LogP contribution in [0.3, 0.4) is 0 Å². The molecule has 0 saturated heterocycles. The molecule has 0 spiro atoms. The van der Waals surface area contributed by atoms with Crippen molar-refractivity contribution in [3.05, 3.63) is 108 Å². The number of sulfone groups is 1. The number of rotatable bonds is 11. The van der Waals surface area contributed by atoms with Gasteiger partial charge >= 0.3 is 0 Å². The lowest BCUT2D eigenvalue weighted by Gasteiger charge is -2.19. The molecule has 7 nitrogen and oxygen atoms in total. The van der Waals surface area contributed by atoms with E-state index >= 15 is 0 Å². The molecule has 3 rings (SSSR count). The minimum absolute atomic E-state index is 0.0546.